The molecule has 0 amide bonds. The number of ether oxygens (including phenoxy) is 2. The lowest BCUT2D eigenvalue weighted by Crippen LogP contribution is -2.29. The van der Waals surface area contributed by atoms with Crippen LogP contribution in [0.4, 0.5) is 0 Å². The fourth-order valence-electron chi connectivity index (χ4n) is 1.40. The first-order valence-electron chi connectivity index (χ1n) is 5.41. The van der Waals surface area contributed by atoms with Gasteiger partial charge in [0.1, 0.15) is 0 Å². The molecule has 0 saturated heterocycles. The van der Waals surface area contributed by atoms with Crippen molar-refractivity contribution in [1.82, 2.24) is 5.32 Å². The highest BCUT2D eigenvalue weighted by atomic mass is 16.5. The molecule has 86 valence electrons. The Hall–Kier alpha value is -0.120. The van der Waals surface area contributed by atoms with Gasteiger partial charge < -0.3 is 14.8 Å². The van der Waals surface area contributed by atoms with Crippen LogP contribution in [0.15, 0.2) is 0 Å². The monoisotopic (exact) mass is 203 g/mol. The second-order valence-corrected chi connectivity index (χ2v) is 3.98. The maximum atomic E-state index is 5.10. The summed E-state index contributed by atoms with van der Waals surface area (Å²) in [5.74, 6) is 1.41. The summed E-state index contributed by atoms with van der Waals surface area (Å²) in [7, 11) is 3.49. The molecule has 0 aromatic rings. The smallest absolute Gasteiger partial charge is 0.0587 e. The Morgan fingerprint density at radius 1 is 1.07 bits per heavy atom. The molecule has 1 unspecified atom stereocenters. The first-order chi connectivity index (χ1) is 6.72. The van der Waals surface area contributed by atoms with Crippen LogP contribution in [-0.4, -0.2) is 40.5 Å². The molecule has 0 aromatic carbocycles. The summed E-state index contributed by atoms with van der Waals surface area (Å²) in [4.78, 5) is 0. The molecule has 1 atom stereocenters. The predicted molar refractivity (Wildman–Crippen MR) is 59.6 cm³/mol. The second kappa shape index (κ2) is 9.44. The van der Waals surface area contributed by atoms with E-state index < -0.39 is 0 Å². The van der Waals surface area contributed by atoms with Crippen LogP contribution in [-0.2, 0) is 9.47 Å². The molecule has 0 aliphatic rings. The van der Waals surface area contributed by atoms with Gasteiger partial charge in [-0.05, 0) is 24.8 Å². The van der Waals surface area contributed by atoms with Crippen LogP contribution in [0.5, 0.6) is 0 Å². The molecule has 0 fully saturated rings. The number of hydrogen-bond acceptors (Lipinski definition) is 3. The number of nitrogens with one attached hydrogen (secondary N) is 1. The highest BCUT2D eigenvalue weighted by molar-refractivity contribution is 4.65. The van der Waals surface area contributed by atoms with Crippen LogP contribution >= 0.6 is 0 Å². The zero-order valence-corrected chi connectivity index (χ0v) is 10.0. The van der Waals surface area contributed by atoms with Gasteiger partial charge in [0.15, 0.2) is 0 Å². The van der Waals surface area contributed by atoms with Crippen molar-refractivity contribution in [2.75, 3.05) is 40.5 Å². The summed E-state index contributed by atoms with van der Waals surface area (Å²) in [6.07, 6.45) is 1.13. The fourth-order valence-corrected chi connectivity index (χ4v) is 1.40. The van der Waals surface area contributed by atoms with Crippen LogP contribution < -0.4 is 5.32 Å². The molecule has 1 N–H and O–H groups in total. The summed E-state index contributed by atoms with van der Waals surface area (Å²) in [5.41, 5.74) is 0. The lowest BCUT2D eigenvalue weighted by atomic mass is 9.93. The summed E-state index contributed by atoms with van der Waals surface area (Å²) in [5, 5.41) is 3.40. The van der Waals surface area contributed by atoms with Crippen LogP contribution in [0.2, 0.25) is 0 Å². The molecular weight excluding hydrogens is 178 g/mol. The van der Waals surface area contributed by atoms with Gasteiger partial charge in [-0.25, -0.2) is 0 Å². The van der Waals surface area contributed by atoms with E-state index in [0.717, 1.165) is 32.7 Å². The first-order valence-corrected chi connectivity index (χ1v) is 5.41. The average molecular weight is 203 g/mol. The van der Waals surface area contributed by atoms with Crippen molar-refractivity contribution in [3.63, 3.8) is 0 Å². The van der Waals surface area contributed by atoms with E-state index in [0.29, 0.717) is 11.8 Å². The van der Waals surface area contributed by atoms with Crippen LogP contribution in [0.25, 0.3) is 0 Å². The highest BCUT2D eigenvalue weighted by Gasteiger charge is 2.12. The molecule has 0 aliphatic heterocycles. The number of hydrogen-bond donors (Lipinski definition) is 1. The quantitative estimate of drug-likeness (QED) is 0.576. The maximum absolute atomic E-state index is 5.10. The van der Waals surface area contributed by atoms with Gasteiger partial charge in [-0.15, -0.1) is 0 Å². The Balaban J connectivity index is 3.52. The van der Waals surface area contributed by atoms with Crippen molar-refractivity contribution in [1.29, 1.82) is 0 Å². The molecule has 0 radical (unpaired) electrons. The van der Waals surface area contributed by atoms with E-state index in [2.05, 4.69) is 19.2 Å². The minimum Gasteiger partial charge on any atom is -0.385 e. The van der Waals surface area contributed by atoms with E-state index in [1.807, 2.05) is 0 Å². The van der Waals surface area contributed by atoms with Gasteiger partial charge in [0.2, 0.25) is 0 Å². The molecule has 0 rings (SSSR count). The summed E-state index contributed by atoms with van der Waals surface area (Å²) >= 11 is 0. The molecule has 3 heteroatoms. The molecule has 0 bridgehead atoms. The zero-order valence-electron chi connectivity index (χ0n) is 10.0. The van der Waals surface area contributed by atoms with E-state index in [4.69, 9.17) is 9.47 Å². The van der Waals surface area contributed by atoms with Crippen molar-refractivity contribution in [3.05, 3.63) is 0 Å². The predicted octanol–water partition coefficient (Wildman–Crippen LogP) is 1.53. The van der Waals surface area contributed by atoms with Gasteiger partial charge in [0.05, 0.1) is 6.61 Å². The van der Waals surface area contributed by atoms with Gasteiger partial charge in [0.25, 0.3) is 0 Å². The lowest BCUT2D eigenvalue weighted by molar-refractivity contribution is 0.160. The second-order valence-electron chi connectivity index (χ2n) is 3.98. The van der Waals surface area contributed by atoms with Gasteiger partial charge in [-0.1, -0.05) is 13.8 Å². The Bertz CT molecular complexity index is 118. The third kappa shape index (κ3) is 7.30. The molecule has 0 spiro atoms. The van der Waals surface area contributed by atoms with Gasteiger partial charge >= 0.3 is 0 Å². The Kier molecular flexibility index (Phi) is 9.35. The minimum absolute atomic E-state index is 0.701. The van der Waals surface area contributed by atoms with Crippen LogP contribution in [0.1, 0.15) is 20.3 Å². The minimum atomic E-state index is 0.701. The molecular formula is C11H25NO2. The molecule has 0 saturated carbocycles. The van der Waals surface area contributed by atoms with E-state index in [1.54, 1.807) is 14.2 Å². The van der Waals surface area contributed by atoms with Gasteiger partial charge in [-0.3, -0.25) is 0 Å². The third-order valence-corrected chi connectivity index (χ3v) is 2.53. The van der Waals surface area contributed by atoms with Crippen LogP contribution in [0.3, 0.4) is 0 Å². The normalized spacial score (nSPS) is 13.5. The van der Waals surface area contributed by atoms with Crippen molar-refractivity contribution in [3.8, 4) is 0 Å². The van der Waals surface area contributed by atoms with Gasteiger partial charge in [0, 0.05) is 27.4 Å². The fraction of sp³-hybridized carbons (Fsp3) is 1.00. The third-order valence-electron chi connectivity index (χ3n) is 2.53. The SMILES string of the molecule is COCCNCC(CCOC)C(C)C. The van der Waals surface area contributed by atoms with Crippen molar-refractivity contribution < 1.29 is 9.47 Å². The zero-order chi connectivity index (χ0) is 10.8. The summed E-state index contributed by atoms with van der Waals surface area (Å²) in [6.45, 7) is 8.16. The van der Waals surface area contributed by atoms with E-state index >= 15 is 0 Å². The highest BCUT2D eigenvalue weighted by Crippen LogP contribution is 2.13. The van der Waals surface area contributed by atoms with Crippen molar-refractivity contribution in [2.45, 2.75) is 20.3 Å². The molecule has 0 aliphatic carbocycles. The van der Waals surface area contributed by atoms with E-state index in [-0.39, 0.29) is 0 Å². The van der Waals surface area contributed by atoms with E-state index in [9.17, 15) is 0 Å². The first kappa shape index (κ1) is 13.9. The average Bonchev–Trinajstić information content (AvgIpc) is 2.16. The van der Waals surface area contributed by atoms with Crippen molar-refractivity contribution in [2.24, 2.45) is 11.8 Å². The Labute approximate surface area is 88.2 Å². The molecule has 0 aromatic heterocycles. The largest absolute Gasteiger partial charge is 0.385 e. The maximum Gasteiger partial charge on any atom is 0.0587 e. The standard InChI is InChI=1S/C11H25NO2/c1-10(2)11(5-7-13-3)9-12-6-8-14-4/h10-12H,5-9H2,1-4H3. The molecule has 3 nitrogen and oxygen atoms in total. The van der Waals surface area contributed by atoms with Gasteiger partial charge in [-0.2, -0.15) is 0 Å². The Morgan fingerprint density at radius 2 is 1.71 bits per heavy atom. The topological polar surface area (TPSA) is 30.5 Å². The number of methoxy groups -OCH3 is 2. The Morgan fingerprint density at radius 3 is 2.21 bits per heavy atom. The lowest BCUT2D eigenvalue weighted by Gasteiger charge is -2.20. The summed E-state index contributed by atoms with van der Waals surface area (Å²) < 4.78 is 10.1. The van der Waals surface area contributed by atoms with E-state index in [1.165, 1.54) is 0 Å². The van der Waals surface area contributed by atoms with Crippen LogP contribution in [0, 0.1) is 11.8 Å². The molecule has 14 heavy (non-hydrogen) atoms. The van der Waals surface area contributed by atoms with Crippen molar-refractivity contribution >= 4 is 0 Å². The number of rotatable bonds is 9. The summed E-state index contributed by atoms with van der Waals surface area (Å²) in [6, 6.07) is 0. The molecule has 0 heterocycles.